The molecule has 2 aromatic rings. The van der Waals surface area contributed by atoms with Crippen LogP contribution in [0.25, 0.3) is 0 Å². The molecule has 27 heavy (non-hydrogen) atoms. The smallest absolute Gasteiger partial charge is 0.410 e. The number of nitrogens with zero attached hydrogens (tertiary/aromatic N) is 6. The molecule has 2 aromatic heterocycles. The van der Waals surface area contributed by atoms with Crippen LogP contribution >= 0.6 is 11.3 Å². The number of hydrogen-bond donors (Lipinski definition) is 0. The zero-order chi connectivity index (χ0) is 18.2. The summed E-state index contributed by atoms with van der Waals surface area (Å²) in [5.41, 5.74) is 1.10. The number of rotatable bonds is 4. The minimum Gasteiger partial charge on any atom is -0.446 e. The summed E-state index contributed by atoms with van der Waals surface area (Å²) >= 11 is 1.66. The fraction of sp³-hybridized carbons (Fsp3) is 0.667. The van der Waals surface area contributed by atoms with E-state index < -0.39 is 0 Å². The predicted molar refractivity (Wildman–Crippen MR) is 101 cm³/mol. The van der Waals surface area contributed by atoms with Gasteiger partial charge in [0.25, 0.3) is 0 Å². The van der Waals surface area contributed by atoms with E-state index in [1.807, 2.05) is 21.2 Å². The zero-order valence-corrected chi connectivity index (χ0v) is 16.1. The third kappa shape index (κ3) is 3.65. The minimum absolute atomic E-state index is 0.000557. The summed E-state index contributed by atoms with van der Waals surface area (Å²) in [5.74, 6) is 0.608. The van der Waals surface area contributed by atoms with Crippen LogP contribution in [-0.2, 0) is 4.74 Å². The van der Waals surface area contributed by atoms with Crippen molar-refractivity contribution in [2.75, 3.05) is 31.1 Å². The van der Waals surface area contributed by atoms with Crippen molar-refractivity contribution in [2.45, 2.75) is 50.2 Å². The fourth-order valence-corrected chi connectivity index (χ4v) is 4.61. The molecule has 4 heterocycles. The van der Waals surface area contributed by atoms with E-state index in [1.165, 1.54) is 12.8 Å². The SMILES string of the molecule is O=C(OC1CCN(c2nccs2)CC1)N1CCC(n2cc(C3CC3)nn2)C1. The standard InChI is InChI=1S/C18H24N6O2S/c25-18(26-15-4-8-22(9-5-15)17-19-6-10-27-17)23-7-3-14(11-23)24-12-16(20-21-24)13-1-2-13/h6,10,12-15H,1-5,7-9,11H2. The Morgan fingerprint density at radius 3 is 2.74 bits per heavy atom. The summed E-state index contributed by atoms with van der Waals surface area (Å²) < 4.78 is 7.71. The molecule has 9 heteroatoms. The Labute approximate surface area is 162 Å². The number of carbonyl (C=O) groups excluding carboxylic acids is 1. The number of ether oxygens (including phenoxy) is 1. The molecular formula is C18H24N6O2S. The van der Waals surface area contributed by atoms with Crippen LogP contribution in [-0.4, -0.2) is 63.3 Å². The van der Waals surface area contributed by atoms with Crippen LogP contribution in [0.15, 0.2) is 17.8 Å². The van der Waals surface area contributed by atoms with Gasteiger partial charge in [0.05, 0.1) is 11.7 Å². The molecule has 0 spiro atoms. The van der Waals surface area contributed by atoms with E-state index >= 15 is 0 Å². The maximum Gasteiger partial charge on any atom is 0.410 e. The van der Waals surface area contributed by atoms with Crippen molar-refractivity contribution in [3.63, 3.8) is 0 Å². The van der Waals surface area contributed by atoms with Crippen molar-refractivity contribution in [1.82, 2.24) is 24.9 Å². The van der Waals surface area contributed by atoms with Crippen molar-refractivity contribution in [1.29, 1.82) is 0 Å². The Morgan fingerprint density at radius 1 is 1.15 bits per heavy atom. The van der Waals surface area contributed by atoms with Crippen LogP contribution in [0.3, 0.4) is 0 Å². The maximum absolute atomic E-state index is 12.6. The van der Waals surface area contributed by atoms with Crippen LogP contribution in [0.1, 0.15) is 49.8 Å². The van der Waals surface area contributed by atoms with Gasteiger partial charge in [-0.2, -0.15) is 0 Å². The quantitative estimate of drug-likeness (QED) is 0.801. The second-order valence-electron chi connectivity index (χ2n) is 7.67. The molecule has 2 saturated heterocycles. The van der Waals surface area contributed by atoms with Gasteiger partial charge < -0.3 is 14.5 Å². The molecule has 3 fully saturated rings. The highest BCUT2D eigenvalue weighted by Crippen LogP contribution is 2.39. The average molecular weight is 388 g/mol. The van der Waals surface area contributed by atoms with Crippen molar-refractivity contribution >= 4 is 22.6 Å². The normalized spacial score (nSPS) is 23.8. The van der Waals surface area contributed by atoms with Gasteiger partial charge in [-0.15, -0.1) is 16.4 Å². The van der Waals surface area contributed by atoms with Crippen LogP contribution in [0.5, 0.6) is 0 Å². The molecular weight excluding hydrogens is 364 g/mol. The molecule has 1 unspecified atom stereocenters. The summed E-state index contributed by atoms with van der Waals surface area (Å²) in [7, 11) is 0. The van der Waals surface area contributed by atoms with Crippen molar-refractivity contribution in [2.24, 2.45) is 0 Å². The molecule has 0 aromatic carbocycles. The third-order valence-electron chi connectivity index (χ3n) is 5.72. The van der Waals surface area contributed by atoms with Gasteiger partial charge in [-0.25, -0.2) is 14.5 Å². The van der Waals surface area contributed by atoms with E-state index in [1.54, 1.807) is 11.3 Å². The van der Waals surface area contributed by atoms with Gasteiger partial charge in [0.15, 0.2) is 5.13 Å². The van der Waals surface area contributed by atoms with Crippen LogP contribution in [0, 0.1) is 0 Å². The van der Waals surface area contributed by atoms with Crippen LogP contribution in [0.2, 0.25) is 0 Å². The van der Waals surface area contributed by atoms with Crippen molar-refractivity contribution in [3.8, 4) is 0 Å². The second kappa shape index (κ2) is 7.10. The van der Waals surface area contributed by atoms with Gasteiger partial charge in [-0.1, -0.05) is 5.21 Å². The van der Waals surface area contributed by atoms with E-state index in [-0.39, 0.29) is 18.2 Å². The highest BCUT2D eigenvalue weighted by molar-refractivity contribution is 7.13. The number of piperidine rings is 1. The van der Waals surface area contributed by atoms with E-state index in [2.05, 4.69) is 26.4 Å². The zero-order valence-electron chi connectivity index (χ0n) is 15.2. The van der Waals surface area contributed by atoms with E-state index in [0.717, 1.165) is 49.7 Å². The van der Waals surface area contributed by atoms with Gasteiger partial charge >= 0.3 is 6.09 Å². The van der Waals surface area contributed by atoms with Crippen LogP contribution < -0.4 is 4.90 Å². The number of amides is 1. The molecule has 1 atom stereocenters. The van der Waals surface area contributed by atoms with E-state index in [4.69, 9.17) is 4.74 Å². The molecule has 0 radical (unpaired) electrons. The van der Waals surface area contributed by atoms with Gasteiger partial charge in [-0.05, 0) is 19.3 Å². The molecule has 1 aliphatic carbocycles. The van der Waals surface area contributed by atoms with Crippen molar-refractivity contribution < 1.29 is 9.53 Å². The maximum atomic E-state index is 12.6. The Hall–Kier alpha value is -2.16. The molecule has 8 nitrogen and oxygen atoms in total. The average Bonchev–Trinajstić information content (AvgIpc) is 3.15. The van der Waals surface area contributed by atoms with E-state index in [9.17, 15) is 4.79 Å². The molecule has 2 aliphatic heterocycles. The lowest BCUT2D eigenvalue weighted by molar-refractivity contribution is 0.0563. The Morgan fingerprint density at radius 2 is 2.00 bits per heavy atom. The molecule has 1 saturated carbocycles. The van der Waals surface area contributed by atoms with Crippen LogP contribution in [0.4, 0.5) is 9.93 Å². The molecule has 1 amide bonds. The number of anilines is 1. The molecule has 5 rings (SSSR count). The molecule has 144 valence electrons. The topological polar surface area (TPSA) is 76.4 Å². The van der Waals surface area contributed by atoms with Crippen molar-refractivity contribution in [3.05, 3.63) is 23.5 Å². The predicted octanol–water partition coefficient (Wildman–Crippen LogP) is 2.66. The first kappa shape index (κ1) is 17.0. The fourth-order valence-electron chi connectivity index (χ4n) is 3.91. The van der Waals surface area contributed by atoms with Gasteiger partial charge in [0.1, 0.15) is 6.10 Å². The first-order valence-electron chi connectivity index (χ1n) is 9.78. The number of likely N-dealkylation sites (tertiary alicyclic amines) is 1. The lowest BCUT2D eigenvalue weighted by atomic mass is 10.1. The monoisotopic (exact) mass is 388 g/mol. The van der Waals surface area contributed by atoms with Gasteiger partial charge in [-0.3, -0.25) is 0 Å². The number of carbonyl (C=O) groups is 1. The molecule has 0 N–H and O–H groups in total. The summed E-state index contributed by atoms with van der Waals surface area (Å²) in [6.45, 7) is 3.15. The summed E-state index contributed by atoms with van der Waals surface area (Å²) in [5, 5.41) is 11.6. The third-order valence-corrected chi connectivity index (χ3v) is 6.55. The van der Waals surface area contributed by atoms with Gasteiger partial charge in [0, 0.05) is 62.7 Å². The summed E-state index contributed by atoms with van der Waals surface area (Å²) in [6.07, 6.45) is 8.78. The first-order valence-corrected chi connectivity index (χ1v) is 10.7. The molecule has 0 bridgehead atoms. The Kier molecular flexibility index (Phi) is 4.47. The lowest BCUT2D eigenvalue weighted by Crippen LogP contribution is -2.40. The number of thiazole rings is 1. The number of aromatic nitrogens is 4. The second-order valence-corrected chi connectivity index (χ2v) is 8.54. The minimum atomic E-state index is -0.187. The highest BCUT2D eigenvalue weighted by Gasteiger charge is 2.33. The lowest BCUT2D eigenvalue weighted by Gasteiger charge is -2.32. The Bertz CT molecular complexity index is 782. The first-order chi connectivity index (χ1) is 13.3. The molecule has 3 aliphatic rings. The summed E-state index contributed by atoms with van der Waals surface area (Å²) in [6, 6.07) is 0.212. The van der Waals surface area contributed by atoms with E-state index in [0.29, 0.717) is 12.5 Å². The number of hydrogen-bond acceptors (Lipinski definition) is 7. The summed E-state index contributed by atoms with van der Waals surface area (Å²) in [4.78, 5) is 21.0. The Balaban J connectivity index is 1.11. The van der Waals surface area contributed by atoms with Gasteiger partial charge in [0.2, 0.25) is 0 Å². The highest BCUT2D eigenvalue weighted by atomic mass is 32.1. The largest absolute Gasteiger partial charge is 0.446 e.